The van der Waals surface area contributed by atoms with Crippen molar-refractivity contribution < 1.29 is 14.3 Å². The summed E-state index contributed by atoms with van der Waals surface area (Å²) in [6.07, 6.45) is 0.615. The first-order chi connectivity index (χ1) is 9.49. The summed E-state index contributed by atoms with van der Waals surface area (Å²) in [6, 6.07) is 3.51. The van der Waals surface area contributed by atoms with E-state index in [-0.39, 0.29) is 24.2 Å². The zero-order valence-electron chi connectivity index (χ0n) is 11.9. The van der Waals surface area contributed by atoms with Crippen molar-refractivity contribution in [1.82, 2.24) is 4.90 Å². The van der Waals surface area contributed by atoms with E-state index in [0.29, 0.717) is 25.2 Å². The van der Waals surface area contributed by atoms with Crippen LogP contribution in [0.25, 0.3) is 0 Å². The van der Waals surface area contributed by atoms with Crippen molar-refractivity contribution in [3.8, 4) is 0 Å². The molecule has 0 aliphatic rings. The monoisotopic (exact) mass is 283 g/mol. The van der Waals surface area contributed by atoms with Crippen LogP contribution in [0.1, 0.15) is 20.3 Å². The van der Waals surface area contributed by atoms with Crippen LogP contribution in [0.4, 0.5) is 15.8 Å². The molecular weight excluding hydrogens is 261 g/mol. The lowest BCUT2D eigenvalue weighted by molar-refractivity contribution is -0.120. The van der Waals surface area contributed by atoms with Crippen molar-refractivity contribution in [3.63, 3.8) is 0 Å². The number of rotatable bonds is 7. The van der Waals surface area contributed by atoms with Crippen LogP contribution in [-0.4, -0.2) is 41.7 Å². The molecule has 0 heterocycles. The molecule has 0 bridgehead atoms. The Morgan fingerprint density at radius 1 is 1.55 bits per heavy atom. The van der Waals surface area contributed by atoms with Crippen molar-refractivity contribution >= 4 is 17.3 Å². The fraction of sp³-hybridized carbons (Fsp3) is 0.500. The third-order valence-corrected chi connectivity index (χ3v) is 3.21. The molecule has 1 rings (SSSR count). The SMILES string of the molecule is CCN(CCCO)C(C)C(=O)Nc1ccc(F)cc1N. The molecule has 0 saturated carbocycles. The predicted octanol–water partition coefficient (Wildman–Crippen LogP) is 1.44. The van der Waals surface area contributed by atoms with Gasteiger partial charge in [0.25, 0.3) is 0 Å². The molecule has 0 aromatic heterocycles. The lowest BCUT2D eigenvalue weighted by atomic mass is 10.2. The van der Waals surface area contributed by atoms with E-state index in [1.165, 1.54) is 18.2 Å². The van der Waals surface area contributed by atoms with E-state index in [4.69, 9.17) is 10.8 Å². The van der Waals surface area contributed by atoms with Crippen LogP contribution in [-0.2, 0) is 4.79 Å². The molecule has 6 heteroatoms. The van der Waals surface area contributed by atoms with Gasteiger partial charge in [0.1, 0.15) is 5.82 Å². The second kappa shape index (κ2) is 7.81. The summed E-state index contributed by atoms with van der Waals surface area (Å²) in [4.78, 5) is 14.1. The molecule has 0 fully saturated rings. The third kappa shape index (κ3) is 4.47. The van der Waals surface area contributed by atoms with Crippen LogP contribution in [0.15, 0.2) is 18.2 Å². The molecule has 4 N–H and O–H groups in total. The second-order valence-electron chi connectivity index (χ2n) is 4.60. The summed E-state index contributed by atoms with van der Waals surface area (Å²) in [7, 11) is 0. The van der Waals surface area contributed by atoms with Gasteiger partial charge >= 0.3 is 0 Å². The minimum atomic E-state index is -0.438. The molecule has 0 aliphatic carbocycles. The first kappa shape index (κ1) is 16.4. The van der Waals surface area contributed by atoms with Gasteiger partial charge in [-0.2, -0.15) is 0 Å². The summed E-state index contributed by atoms with van der Waals surface area (Å²) in [5, 5.41) is 11.5. The lowest BCUT2D eigenvalue weighted by Gasteiger charge is -2.26. The zero-order chi connectivity index (χ0) is 15.1. The molecule has 1 atom stereocenters. The van der Waals surface area contributed by atoms with E-state index in [2.05, 4.69) is 5.32 Å². The van der Waals surface area contributed by atoms with E-state index in [1.807, 2.05) is 11.8 Å². The molecule has 1 aromatic rings. The highest BCUT2D eigenvalue weighted by Gasteiger charge is 2.20. The van der Waals surface area contributed by atoms with E-state index in [0.717, 1.165) is 0 Å². The minimum absolute atomic E-state index is 0.0930. The number of anilines is 2. The molecule has 1 unspecified atom stereocenters. The van der Waals surface area contributed by atoms with Gasteiger partial charge < -0.3 is 16.2 Å². The van der Waals surface area contributed by atoms with Crippen LogP contribution < -0.4 is 11.1 Å². The molecule has 0 aliphatic heterocycles. The number of nitrogens with two attached hydrogens (primary N) is 1. The molecule has 1 amide bonds. The van der Waals surface area contributed by atoms with E-state index < -0.39 is 5.82 Å². The van der Waals surface area contributed by atoms with Gasteiger partial charge in [-0.25, -0.2) is 4.39 Å². The number of benzene rings is 1. The van der Waals surface area contributed by atoms with Crippen molar-refractivity contribution in [3.05, 3.63) is 24.0 Å². The lowest BCUT2D eigenvalue weighted by Crippen LogP contribution is -2.42. The minimum Gasteiger partial charge on any atom is -0.397 e. The smallest absolute Gasteiger partial charge is 0.241 e. The first-order valence-corrected chi connectivity index (χ1v) is 6.70. The predicted molar refractivity (Wildman–Crippen MR) is 77.9 cm³/mol. The highest BCUT2D eigenvalue weighted by Crippen LogP contribution is 2.19. The van der Waals surface area contributed by atoms with E-state index in [9.17, 15) is 9.18 Å². The number of aliphatic hydroxyl groups excluding tert-OH is 1. The third-order valence-electron chi connectivity index (χ3n) is 3.21. The van der Waals surface area contributed by atoms with Gasteiger partial charge in [0, 0.05) is 13.2 Å². The van der Waals surface area contributed by atoms with Crippen LogP contribution in [0.5, 0.6) is 0 Å². The molecule has 112 valence electrons. The highest BCUT2D eigenvalue weighted by atomic mass is 19.1. The normalized spacial score (nSPS) is 12.4. The van der Waals surface area contributed by atoms with E-state index in [1.54, 1.807) is 6.92 Å². The largest absolute Gasteiger partial charge is 0.397 e. The summed E-state index contributed by atoms with van der Waals surface area (Å²) in [5.41, 5.74) is 6.26. The fourth-order valence-electron chi connectivity index (χ4n) is 1.95. The van der Waals surface area contributed by atoms with Gasteiger partial charge in [0.05, 0.1) is 17.4 Å². The number of likely N-dealkylation sites (N-methyl/N-ethyl adjacent to an activating group) is 1. The summed E-state index contributed by atoms with van der Waals surface area (Å²) in [5.74, 6) is -0.644. The van der Waals surface area contributed by atoms with Gasteiger partial charge in [-0.3, -0.25) is 9.69 Å². The summed E-state index contributed by atoms with van der Waals surface area (Å²) < 4.78 is 12.9. The van der Waals surface area contributed by atoms with Crippen molar-refractivity contribution in [2.75, 3.05) is 30.7 Å². The van der Waals surface area contributed by atoms with Crippen molar-refractivity contribution in [2.45, 2.75) is 26.3 Å². The Labute approximate surface area is 118 Å². The number of nitrogens with one attached hydrogen (secondary N) is 1. The first-order valence-electron chi connectivity index (χ1n) is 6.70. The van der Waals surface area contributed by atoms with Gasteiger partial charge in [-0.1, -0.05) is 6.92 Å². The molecule has 20 heavy (non-hydrogen) atoms. The highest BCUT2D eigenvalue weighted by molar-refractivity contribution is 5.97. The number of carbonyl (C=O) groups is 1. The van der Waals surface area contributed by atoms with Crippen LogP contribution in [0.2, 0.25) is 0 Å². The number of nitrogen functional groups attached to an aromatic ring is 1. The van der Waals surface area contributed by atoms with Crippen molar-refractivity contribution in [2.24, 2.45) is 0 Å². The zero-order valence-corrected chi connectivity index (χ0v) is 11.9. The van der Waals surface area contributed by atoms with Crippen molar-refractivity contribution in [1.29, 1.82) is 0 Å². The number of aliphatic hydroxyl groups is 1. The Morgan fingerprint density at radius 2 is 2.25 bits per heavy atom. The number of carbonyl (C=O) groups excluding carboxylic acids is 1. The average molecular weight is 283 g/mol. The van der Waals surface area contributed by atoms with Crippen LogP contribution in [0.3, 0.4) is 0 Å². The Hall–Kier alpha value is -1.66. The Morgan fingerprint density at radius 3 is 2.80 bits per heavy atom. The molecule has 0 spiro atoms. The Balaban J connectivity index is 2.68. The van der Waals surface area contributed by atoms with Crippen LogP contribution in [0, 0.1) is 5.82 Å². The number of hydrogen-bond acceptors (Lipinski definition) is 4. The second-order valence-corrected chi connectivity index (χ2v) is 4.60. The molecule has 0 radical (unpaired) electrons. The Kier molecular flexibility index (Phi) is 6.41. The molecule has 1 aromatic carbocycles. The van der Waals surface area contributed by atoms with E-state index >= 15 is 0 Å². The summed E-state index contributed by atoms with van der Waals surface area (Å²) in [6.45, 7) is 5.17. The quantitative estimate of drug-likeness (QED) is 0.662. The number of amides is 1. The maximum atomic E-state index is 12.9. The topological polar surface area (TPSA) is 78.6 Å². The number of halogens is 1. The number of nitrogens with zero attached hydrogens (tertiary/aromatic N) is 1. The molecular formula is C14H22FN3O2. The average Bonchev–Trinajstić information content (AvgIpc) is 2.42. The maximum Gasteiger partial charge on any atom is 0.241 e. The van der Waals surface area contributed by atoms with Crippen LogP contribution >= 0.6 is 0 Å². The van der Waals surface area contributed by atoms with Gasteiger partial charge in [-0.15, -0.1) is 0 Å². The Bertz CT molecular complexity index is 454. The molecule has 5 nitrogen and oxygen atoms in total. The standard InChI is InChI=1S/C14H22FN3O2/c1-3-18(7-4-8-19)10(2)14(20)17-13-6-5-11(15)9-12(13)16/h5-6,9-10,19H,3-4,7-8,16H2,1-2H3,(H,17,20). The number of hydrogen-bond donors (Lipinski definition) is 3. The van der Waals surface area contributed by atoms with Gasteiger partial charge in [0.15, 0.2) is 0 Å². The summed E-state index contributed by atoms with van der Waals surface area (Å²) >= 11 is 0. The fourth-order valence-corrected chi connectivity index (χ4v) is 1.95. The van der Waals surface area contributed by atoms with Gasteiger partial charge in [0.2, 0.25) is 5.91 Å². The maximum absolute atomic E-state index is 12.9. The molecule has 0 saturated heterocycles. The van der Waals surface area contributed by atoms with Gasteiger partial charge in [-0.05, 0) is 38.1 Å².